The van der Waals surface area contributed by atoms with Crippen molar-refractivity contribution in [2.75, 3.05) is 40.3 Å². The minimum Gasteiger partial charge on any atom is -0.484 e. The summed E-state index contributed by atoms with van der Waals surface area (Å²) in [7, 11) is 3.41. The molecule has 9 nitrogen and oxygen atoms in total. The summed E-state index contributed by atoms with van der Waals surface area (Å²) in [6.07, 6.45) is 8.60. The first kappa shape index (κ1) is 24.2. The Morgan fingerprint density at radius 2 is 1.78 bits per heavy atom. The molecule has 2 saturated heterocycles. The van der Waals surface area contributed by atoms with Gasteiger partial charge in [-0.15, -0.1) is 0 Å². The number of ether oxygens (including phenoxy) is 1. The molecule has 0 radical (unpaired) electrons. The Morgan fingerprint density at radius 3 is 2.53 bits per heavy atom. The van der Waals surface area contributed by atoms with Gasteiger partial charge in [0.1, 0.15) is 11.3 Å². The number of piperidine rings is 1. The molecule has 36 heavy (non-hydrogen) atoms. The average molecular weight is 491 g/mol. The molecule has 0 N–H and O–H groups in total. The van der Waals surface area contributed by atoms with E-state index in [0.717, 1.165) is 31.5 Å². The fourth-order valence-electron chi connectivity index (χ4n) is 5.21. The van der Waals surface area contributed by atoms with Crippen LogP contribution >= 0.6 is 0 Å². The lowest BCUT2D eigenvalue weighted by atomic mass is 9.99. The van der Waals surface area contributed by atoms with E-state index in [-0.39, 0.29) is 24.5 Å². The van der Waals surface area contributed by atoms with E-state index < -0.39 is 0 Å². The standard InChI is InChI=1S/C27H34N6O3/c1-30(2)27(35)22-17-29-33-24(12-13-28-26(22)33)23-7-3-4-16-32(23)25(34)19-36-21-10-8-20(9-11-21)18-31-14-5-6-15-31/h8-13,17,23H,3-7,14-16,18-19H2,1-2H3. The van der Waals surface area contributed by atoms with Gasteiger partial charge in [0.05, 0.1) is 17.9 Å². The maximum absolute atomic E-state index is 13.3. The highest BCUT2D eigenvalue weighted by molar-refractivity contribution is 5.99. The summed E-state index contributed by atoms with van der Waals surface area (Å²) in [5.74, 6) is 0.501. The number of carbonyl (C=O) groups is 2. The molecule has 5 rings (SSSR count). The Labute approximate surface area is 211 Å². The Morgan fingerprint density at radius 1 is 1.03 bits per heavy atom. The van der Waals surface area contributed by atoms with Gasteiger partial charge in [0.15, 0.2) is 12.3 Å². The van der Waals surface area contributed by atoms with E-state index in [9.17, 15) is 9.59 Å². The van der Waals surface area contributed by atoms with Gasteiger partial charge in [0.25, 0.3) is 11.8 Å². The SMILES string of the molecule is CN(C)C(=O)c1cnn2c(C3CCCCN3C(=O)COc3ccc(CN4CCCC4)cc3)ccnc12. The smallest absolute Gasteiger partial charge is 0.261 e. The fourth-order valence-corrected chi connectivity index (χ4v) is 5.21. The number of hydrogen-bond acceptors (Lipinski definition) is 6. The van der Waals surface area contributed by atoms with Crippen LogP contribution in [0.15, 0.2) is 42.7 Å². The third-order valence-electron chi connectivity index (χ3n) is 7.12. The molecule has 9 heteroatoms. The fraction of sp³-hybridized carbons (Fsp3) is 0.481. The zero-order valence-electron chi connectivity index (χ0n) is 21.1. The van der Waals surface area contributed by atoms with E-state index in [4.69, 9.17) is 4.74 Å². The lowest BCUT2D eigenvalue weighted by Gasteiger charge is -2.35. The number of carbonyl (C=O) groups excluding carboxylic acids is 2. The van der Waals surface area contributed by atoms with Crippen molar-refractivity contribution in [3.05, 3.63) is 59.5 Å². The number of likely N-dealkylation sites (tertiary alicyclic amines) is 2. The van der Waals surface area contributed by atoms with Crippen LogP contribution in [-0.2, 0) is 11.3 Å². The molecule has 2 fully saturated rings. The molecule has 2 aliphatic heterocycles. The Kier molecular flexibility index (Phi) is 7.18. The Balaban J connectivity index is 1.28. The number of amides is 2. The number of benzene rings is 1. The molecule has 0 bridgehead atoms. The van der Waals surface area contributed by atoms with Gasteiger partial charge in [-0.05, 0) is 69.0 Å². The topological polar surface area (TPSA) is 83.3 Å². The molecule has 2 aromatic heterocycles. The molecule has 3 aromatic rings. The molecule has 0 spiro atoms. The molecule has 0 aliphatic carbocycles. The van der Waals surface area contributed by atoms with Gasteiger partial charge in [0, 0.05) is 33.4 Å². The van der Waals surface area contributed by atoms with E-state index in [2.05, 4.69) is 27.1 Å². The lowest BCUT2D eigenvalue weighted by Crippen LogP contribution is -2.41. The van der Waals surface area contributed by atoms with Crippen molar-refractivity contribution in [3.63, 3.8) is 0 Å². The highest BCUT2D eigenvalue weighted by atomic mass is 16.5. The molecule has 0 saturated carbocycles. The van der Waals surface area contributed by atoms with Gasteiger partial charge in [-0.3, -0.25) is 14.5 Å². The zero-order valence-corrected chi connectivity index (χ0v) is 21.1. The molecule has 2 aliphatic rings. The highest BCUT2D eigenvalue weighted by Crippen LogP contribution is 2.31. The number of fused-ring (bicyclic) bond motifs is 1. The van der Waals surface area contributed by atoms with Gasteiger partial charge in [-0.25, -0.2) is 9.50 Å². The summed E-state index contributed by atoms with van der Waals surface area (Å²) in [5.41, 5.74) is 3.08. The molecule has 1 atom stereocenters. The molecule has 1 unspecified atom stereocenters. The van der Waals surface area contributed by atoms with E-state index in [1.165, 1.54) is 36.4 Å². The summed E-state index contributed by atoms with van der Waals surface area (Å²) in [4.78, 5) is 36.1. The van der Waals surface area contributed by atoms with Gasteiger partial charge in [-0.1, -0.05) is 12.1 Å². The minimum atomic E-state index is -0.148. The third-order valence-corrected chi connectivity index (χ3v) is 7.12. The first-order valence-corrected chi connectivity index (χ1v) is 12.8. The van der Waals surface area contributed by atoms with Crippen LogP contribution < -0.4 is 4.74 Å². The van der Waals surface area contributed by atoms with Crippen molar-refractivity contribution in [2.24, 2.45) is 0 Å². The summed E-state index contributed by atoms with van der Waals surface area (Å²) in [6.45, 7) is 3.94. The van der Waals surface area contributed by atoms with E-state index in [0.29, 0.717) is 23.5 Å². The maximum atomic E-state index is 13.3. The molecular weight excluding hydrogens is 456 g/mol. The van der Waals surface area contributed by atoms with Crippen LogP contribution in [0.4, 0.5) is 0 Å². The summed E-state index contributed by atoms with van der Waals surface area (Å²) >= 11 is 0. The predicted octanol–water partition coefficient (Wildman–Crippen LogP) is 3.16. The second-order valence-corrected chi connectivity index (χ2v) is 9.88. The highest BCUT2D eigenvalue weighted by Gasteiger charge is 2.31. The molecule has 1 aromatic carbocycles. The lowest BCUT2D eigenvalue weighted by molar-refractivity contribution is -0.137. The normalized spacial score (nSPS) is 18.5. The Bertz CT molecular complexity index is 1220. The van der Waals surface area contributed by atoms with E-state index in [1.54, 1.807) is 31.0 Å². The van der Waals surface area contributed by atoms with Crippen LogP contribution in [0.1, 0.15) is 59.8 Å². The average Bonchev–Trinajstić information content (AvgIpc) is 3.57. The molecule has 4 heterocycles. The van der Waals surface area contributed by atoms with Gasteiger partial charge in [-0.2, -0.15) is 5.10 Å². The van der Waals surface area contributed by atoms with Crippen molar-refractivity contribution in [2.45, 2.75) is 44.7 Å². The monoisotopic (exact) mass is 490 g/mol. The third kappa shape index (κ3) is 5.06. The maximum Gasteiger partial charge on any atom is 0.261 e. The predicted molar refractivity (Wildman–Crippen MR) is 136 cm³/mol. The number of hydrogen-bond donors (Lipinski definition) is 0. The second kappa shape index (κ2) is 10.7. The van der Waals surface area contributed by atoms with Crippen LogP contribution in [0.5, 0.6) is 5.75 Å². The largest absolute Gasteiger partial charge is 0.484 e. The second-order valence-electron chi connectivity index (χ2n) is 9.88. The minimum absolute atomic E-state index is 0.0142. The summed E-state index contributed by atoms with van der Waals surface area (Å²) in [6, 6.07) is 9.81. The van der Waals surface area contributed by atoms with Gasteiger partial charge < -0.3 is 14.5 Å². The van der Waals surface area contributed by atoms with E-state index >= 15 is 0 Å². The first-order valence-electron chi connectivity index (χ1n) is 12.8. The van der Waals surface area contributed by atoms with Crippen molar-refractivity contribution in [1.29, 1.82) is 0 Å². The number of nitrogens with zero attached hydrogens (tertiary/aromatic N) is 6. The van der Waals surface area contributed by atoms with Crippen LogP contribution in [0, 0.1) is 0 Å². The quantitative estimate of drug-likeness (QED) is 0.506. The molecular formula is C27H34N6O3. The summed E-state index contributed by atoms with van der Waals surface area (Å²) in [5, 5.41) is 4.46. The molecule has 2 amide bonds. The van der Waals surface area contributed by atoms with Crippen molar-refractivity contribution in [1.82, 2.24) is 29.3 Å². The van der Waals surface area contributed by atoms with E-state index in [1.807, 2.05) is 23.1 Å². The summed E-state index contributed by atoms with van der Waals surface area (Å²) < 4.78 is 7.59. The van der Waals surface area contributed by atoms with Gasteiger partial charge >= 0.3 is 0 Å². The van der Waals surface area contributed by atoms with Crippen LogP contribution in [0.3, 0.4) is 0 Å². The van der Waals surface area contributed by atoms with Gasteiger partial charge in [0.2, 0.25) is 0 Å². The number of rotatable bonds is 7. The van der Waals surface area contributed by atoms with Crippen LogP contribution in [-0.4, -0.2) is 81.4 Å². The van der Waals surface area contributed by atoms with Crippen molar-refractivity contribution < 1.29 is 14.3 Å². The number of aromatic nitrogens is 3. The zero-order chi connectivity index (χ0) is 25.1. The Hall–Kier alpha value is -3.46. The van der Waals surface area contributed by atoms with Crippen molar-refractivity contribution in [3.8, 4) is 5.75 Å². The first-order chi connectivity index (χ1) is 17.5. The molecule has 190 valence electrons. The van der Waals surface area contributed by atoms with Crippen LogP contribution in [0.25, 0.3) is 5.65 Å². The van der Waals surface area contributed by atoms with Crippen molar-refractivity contribution >= 4 is 17.5 Å². The van der Waals surface area contributed by atoms with Crippen LogP contribution in [0.2, 0.25) is 0 Å².